The van der Waals surface area contributed by atoms with Gasteiger partial charge in [0.2, 0.25) is 0 Å². The molecule has 0 aliphatic rings. The van der Waals surface area contributed by atoms with Crippen molar-refractivity contribution in [2.45, 2.75) is 26.0 Å². The average Bonchev–Trinajstić information content (AvgIpc) is 3.05. The number of benzene rings is 1. The summed E-state index contributed by atoms with van der Waals surface area (Å²) in [6.07, 6.45) is -0.933. The molecule has 0 fully saturated rings. The van der Waals surface area contributed by atoms with Crippen LogP contribution in [0.1, 0.15) is 36.2 Å². The summed E-state index contributed by atoms with van der Waals surface area (Å²) < 4.78 is 15.9. The maximum atomic E-state index is 12.0. The molecule has 2 aromatic rings. The summed E-state index contributed by atoms with van der Waals surface area (Å²) >= 11 is 0. The summed E-state index contributed by atoms with van der Waals surface area (Å²) in [5.74, 6) is 2.57. The molecule has 7 heteroatoms. The van der Waals surface area contributed by atoms with Gasteiger partial charge in [-0.15, -0.1) is 0 Å². The van der Waals surface area contributed by atoms with Crippen LogP contribution >= 0.6 is 0 Å². The number of carbonyl (C=O) groups excluding carboxylic acids is 1. The molecule has 3 N–H and O–H groups in total. The van der Waals surface area contributed by atoms with Crippen LogP contribution in [-0.4, -0.2) is 31.9 Å². The van der Waals surface area contributed by atoms with E-state index in [1.54, 1.807) is 25.3 Å². The molecule has 136 valence electrons. The molecular weight excluding hydrogens is 324 g/mol. The van der Waals surface area contributed by atoms with Crippen LogP contribution in [0.15, 0.2) is 34.7 Å². The Bertz CT molecular complexity index is 713. The van der Waals surface area contributed by atoms with Gasteiger partial charge in [0, 0.05) is 12.1 Å². The summed E-state index contributed by atoms with van der Waals surface area (Å²) in [6, 6.07) is 8.10. The molecular formula is C18H24N2O5. The molecule has 0 aliphatic heterocycles. The fourth-order valence-electron chi connectivity index (χ4n) is 2.40. The van der Waals surface area contributed by atoms with Gasteiger partial charge in [-0.1, -0.05) is 0 Å². The van der Waals surface area contributed by atoms with Crippen LogP contribution in [0.5, 0.6) is 11.5 Å². The Morgan fingerprint density at radius 3 is 2.60 bits per heavy atom. The van der Waals surface area contributed by atoms with Crippen molar-refractivity contribution < 1.29 is 23.8 Å². The number of hydrogen-bond acceptors (Lipinski definition) is 5. The van der Waals surface area contributed by atoms with E-state index in [4.69, 9.17) is 13.9 Å². The Morgan fingerprint density at radius 1 is 1.24 bits per heavy atom. The van der Waals surface area contributed by atoms with E-state index in [0.717, 1.165) is 5.76 Å². The number of carbonyl (C=O) groups is 1. The summed E-state index contributed by atoms with van der Waals surface area (Å²) in [4.78, 5) is 12.0. The lowest BCUT2D eigenvalue weighted by molar-refractivity contribution is 0.168. The number of urea groups is 1. The predicted molar refractivity (Wildman–Crippen MR) is 92.9 cm³/mol. The summed E-state index contributed by atoms with van der Waals surface area (Å²) in [7, 11) is 3.06. The second-order valence-corrected chi connectivity index (χ2v) is 5.65. The van der Waals surface area contributed by atoms with Crippen molar-refractivity contribution in [3.63, 3.8) is 0 Å². The topological polar surface area (TPSA) is 93.0 Å². The number of aliphatic hydroxyl groups is 1. The molecule has 2 atom stereocenters. The van der Waals surface area contributed by atoms with Gasteiger partial charge in [-0.25, -0.2) is 4.79 Å². The standard InChI is InChI=1S/C18H24N2O5/c1-11-5-7-16(25-11)12(2)20-18(22)19-10-15(21)14-9-13(23-3)6-8-17(14)24-4/h5-9,12,15,21H,10H2,1-4H3,(H2,19,20,22). The third kappa shape index (κ3) is 4.90. The summed E-state index contributed by atoms with van der Waals surface area (Å²) in [6.45, 7) is 3.69. The number of ether oxygens (including phenoxy) is 2. The van der Waals surface area contributed by atoms with Crippen LogP contribution in [0, 0.1) is 6.92 Å². The van der Waals surface area contributed by atoms with Gasteiger partial charge in [0.05, 0.1) is 20.3 Å². The van der Waals surface area contributed by atoms with E-state index >= 15 is 0 Å². The highest BCUT2D eigenvalue weighted by molar-refractivity contribution is 5.74. The zero-order chi connectivity index (χ0) is 18.4. The minimum Gasteiger partial charge on any atom is -0.497 e. The zero-order valence-corrected chi connectivity index (χ0v) is 14.8. The van der Waals surface area contributed by atoms with Gasteiger partial charge >= 0.3 is 6.03 Å². The monoisotopic (exact) mass is 348 g/mol. The minimum absolute atomic E-state index is 0.0270. The van der Waals surface area contributed by atoms with Crippen LogP contribution in [0.25, 0.3) is 0 Å². The molecule has 1 heterocycles. The smallest absolute Gasteiger partial charge is 0.315 e. The van der Waals surface area contributed by atoms with E-state index in [0.29, 0.717) is 22.8 Å². The van der Waals surface area contributed by atoms with Gasteiger partial charge in [-0.3, -0.25) is 0 Å². The SMILES string of the molecule is COc1ccc(OC)c(C(O)CNC(=O)NC(C)c2ccc(C)o2)c1. The fraction of sp³-hybridized carbons (Fsp3) is 0.389. The van der Waals surface area contributed by atoms with Crippen molar-refractivity contribution in [3.05, 3.63) is 47.4 Å². The number of nitrogens with one attached hydrogen (secondary N) is 2. The lowest BCUT2D eigenvalue weighted by Crippen LogP contribution is -2.39. The van der Waals surface area contributed by atoms with Gasteiger partial charge in [0.25, 0.3) is 0 Å². The van der Waals surface area contributed by atoms with E-state index in [2.05, 4.69) is 10.6 Å². The van der Waals surface area contributed by atoms with Crippen LogP contribution < -0.4 is 20.1 Å². The van der Waals surface area contributed by atoms with E-state index < -0.39 is 12.1 Å². The quantitative estimate of drug-likeness (QED) is 0.715. The van der Waals surface area contributed by atoms with Gasteiger partial charge in [-0.2, -0.15) is 0 Å². The predicted octanol–water partition coefficient (Wildman–Crippen LogP) is 2.70. The van der Waals surface area contributed by atoms with E-state index in [9.17, 15) is 9.90 Å². The molecule has 2 unspecified atom stereocenters. The van der Waals surface area contributed by atoms with Gasteiger partial charge in [-0.05, 0) is 44.2 Å². The van der Waals surface area contributed by atoms with Crippen LogP contribution in [0.4, 0.5) is 4.79 Å². The maximum Gasteiger partial charge on any atom is 0.315 e. The number of furan rings is 1. The number of methoxy groups -OCH3 is 2. The average molecular weight is 348 g/mol. The number of hydrogen-bond donors (Lipinski definition) is 3. The zero-order valence-electron chi connectivity index (χ0n) is 14.8. The molecule has 0 spiro atoms. The number of amides is 2. The molecule has 25 heavy (non-hydrogen) atoms. The Hall–Kier alpha value is -2.67. The Morgan fingerprint density at radius 2 is 2.00 bits per heavy atom. The molecule has 0 aliphatic carbocycles. The minimum atomic E-state index is -0.933. The fourth-order valence-corrected chi connectivity index (χ4v) is 2.40. The van der Waals surface area contributed by atoms with E-state index in [1.165, 1.54) is 7.11 Å². The normalized spacial score (nSPS) is 13.0. The van der Waals surface area contributed by atoms with Crippen LogP contribution in [-0.2, 0) is 0 Å². The van der Waals surface area contributed by atoms with E-state index in [1.807, 2.05) is 26.0 Å². The molecule has 0 bridgehead atoms. The summed E-state index contributed by atoms with van der Waals surface area (Å²) in [5.41, 5.74) is 0.539. The Labute approximate surface area is 146 Å². The lowest BCUT2D eigenvalue weighted by atomic mass is 10.1. The largest absolute Gasteiger partial charge is 0.497 e. The van der Waals surface area contributed by atoms with Gasteiger partial charge < -0.3 is 29.6 Å². The highest BCUT2D eigenvalue weighted by atomic mass is 16.5. The van der Waals surface area contributed by atoms with Crippen molar-refractivity contribution >= 4 is 6.03 Å². The number of aliphatic hydroxyl groups excluding tert-OH is 1. The van der Waals surface area contributed by atoms with Crippen LogP contribution in [0.2, 0.25) is 0 Å². The molecule has 7 nitrogen and oxygen atoms in total. The van der Waals surface area contributed by atoms with E-state index in [-0.39, 0.29) is 12.6 Å². The molecule has 2 rings (SSSR count). The lowest BCUT2D eigenvalue weighted by Gasteiger charge is -2.18. The maximum absolute atomic E-state index is 12.0. The Kier molecular flexibility index (Phi) is 6.30. The third-order valence-corrected chi connectivity index (χ3v) is 3.79. The molecule has 0 saturated carbocycles. The first-order chi connectivity index (χ1) is 11.9. The summed E-state index contributed by atoms with van der Waals surface area (Å²) in [5, 5.41) is 15.8. The van der Waals surface area contributed by atoms with Crippen molar-refractivity contribution in [3.8, 4) is 11.5 Å². The second-order valence-electron chi connectivity index (χ2n) is 5.65. The number of rotatable bonds is 7. The molecule has 1 aromatic heterocycles. The first kappa shape index (κ1) is 18.7. The van der Waals surface area contributed by atoms with Crippen LogP contribution in [0.3, 0.4) is 0 Å². The Balaban J connectivity index is 1.93. The van der Waals surface area contributed by atoms with Gasteiger partial charge in [0.1, 0.15) is 29.1 Å². The molecule has 1 aromatic carbocycles. The molecule has 2 amide bonds. The van der Waals surface area contributed by atoms with Crippen molar-refractivity contribution in [2.24, 2.45) is 0 Å². The second kappa shape index (κ2) is 8.43. The molecule has 0 saturated heterocycles. The van der Waals surface area contributed by atoms with Crippen molar-refractivity contribution in [1.29, 1.82) is 0 Å². The first-order valence-electron chi connectivity index (χ1n) is 7.95. The number of aryl methyl sites for hydroxylation is 1. The highest BCUT2D eigenvalue weighted by Crippen LogP contribution is 2.29. The van der Waals surface area contributed by atoms with Crippen molar-refractivity contribution in [2.75, 3.05) is 20.8 Å². The highest BCUT2D eigenvalue weighted by Gasteiger charge is 2.17. The first-order valence-corrected chi connectivity index (χ1v) is 7.95. The van der Waals surface area contributed by atoms with Crippen molar-refractivity contribution in [1.82, 2.24) is 10.6 Å². The molecule has 0 radical (unpaired) electrons. The third-order valence-electron chi connectivity index (χ3n) is 3.79. The van der Waals surface area contributed by atoms with Gasteiger partial charge in [0.15, 0.2) is 0 Å².